The van der Waals surface area contributed by atoms with Gasteiger partial charge in [0.25, 0.3) is 0 Å². The van der Waals surface area contributed by atoms with Crippen LogP contribution in [0.1, 0.15) is 0 Å². The van der Waals surface area contributed by atoms with Gasteiger partial charge in [-0.15, -0.1) is 11.3 Å². The fourth-order valence-electron chi connectivity index (χ4n) is 8.43. The van der Waals surface area contributed by atoms with Gasteiger partial charge in [-0.1, -0.05) is 164 Å². The van der Waals surface area contributed by atoms with Crippen LogP contribution in [-0.4, -0.2) is 19.9 Å². The number of furan rings is 1. The number of fused-ring (bicyclic) bond motifs is 10. The first kappa shape index (κ1) is 32.7. The first-order valence-electron chi connectivity index (χ1n) is 19.3. The van der Waals surface area contributed by atoms with E-state index < -0.39 is 0 Å². The molecular weight excluding hydrogens is 729 g/mol. The van der Waals surface area contributed by atoms with Crippen LogP contribution in [0.15, 0.2) is 186 Å². The fraction of sp³-hybridized carbons (Fsp3) is 0. The second-order valence-corrected chi connectivity index (χ2v) is 15.5. The van der Waals surface area contributed by atoms with Crippen molar-refractivity contribution in [3.63, 3.8) is 0 Å². The Morgan fingerprint density at radius 2 is 0.897 bits per heavy atom. The van der Waals surface area contributed by atoms with E-state index in [1.165, 1.54) is 41.9 Å². The minimum Gasteiger partial charge on any atom is -0.456 e. The molecule has 0 amide bonds. The third-order valence-corrected chi connectivity index (χ3v) is 12.4. The molecule has 0 aliphatic rings. The van der Waals surface area contributed by atoms with Gasteiger partial charge in [0.15, 0.2) is 17.5 Å². The highest BCUT2D eigenvalue weighted by molar-refractivity contribution is 7.27. The van der Waals surface area contributed by atoms with Gasteiger partial charge in [0.2, 0.25) is 0 Å². The van der Waals surface area contributed by atoms with E-state index in [1.807, 2.05) is 72.0 Å². The predicted molar refractivity (Wildman–Crippen MR) is 240 cm³/mol. The standard InChI is InChI=1S/C52H30N4OS/c1-3-13-32(14-4-1)47-40-30-29-37-36-20-11-19-35(48(36)58-49(37)46(40)38-17-7-9-22-42(38)53-47)31-25-27-34(28-26-31)51-54-50(33-15-5-2-6-16-33)55-52(56-51)41-21-12-24-44-45(41)39-18-8-10-23-43(39)57-44/h1-30H. The third-order valence-electron chi connectivity index (χ3n) is 11.1. The van der Waals surface area contributed by atoms with Crippen molar-refractivity contribution >= 4 is 75.1 Å². The van der Waals surface area contributed by atoms with Crippen LogP contribution < -0.4 is 0 Å². The molecule has 0 atom stereocenters. The second kappa shape index (κ2) is 13.0. The van der Waals surface area contributed by atoms with Gasteiger partial charge >= 0.3 is 0 Å². The van der Waals surface area contributed by atoms with Crippen LogP contribution in [0, 0.1) is 0 Å². The first-order chi connectivity index (χ1) is 28.7. The summed E-state index contributed by atoms with van der Waals surface area (Å²) in [5, 5.41) is 8.13. The monoisotopic (exact) mass is 758 g/mol. The van der Waals surface area contributed by atoms with Crippen LogP contribution in [0.25, 0.3) is 120 Å². The van der Waals surface area contributed by atoms with Crippen LogP contribution in [0.3, 0.4) is 0 Å². The van der Waals surface area contributed by atoms with Crippen molar-refractivity contribution in [1.82, 2.24) is 19.9 Å². The Morgan fingerprint density at radius 1 is 0.328 bits per heavy atom. The molecular formula is C52H30N4OS. The Hall–Kier alpha value is -7.54. The number of hydrogen-bond acceptors (Lipinski definition) is 6. The fourth-order valence-corrected chi connectivity index (χ4v) is 9.83. The summed E-state index contributed by atoms with van der Waals surface area (Å²) < 4.78 is 8.77. The molecule has 0 fully saturated rings. The van der Waals surface area contributed by atoms with Crippen molar-refractivity contribution in [3.05, 3.63) is 182 Å². The van der Waals surface area contributed by atoms with Crippen molar-refractivity contribution in [1.29, 1.82) is 0 Å². The summed E-state index contributed by atoms with van der Waals surface area (Å²) in [6.45, 7) is 0. The van der Waals surface area contributed by atoms with E-state index >= 15 is 0 Å². The van der Waals surface area contributed by atoms with E-state index in [0.29, 0.717) is 17.5 Å². The summed E-state index contributed by atoms with van der Waals surface area (Å²) >= 11 is 1.86. The Morgan fingerprint density at radius 3 is 1.71 bits per heavy atom. The maximum absolute atomic E-state index is 6.24. The topological polar surface area (TPSA) is 64.7 Å². The molecule has 270 valence electrons. The normalized spacial score (nSPS) is 11.8. The Bertz CT molecular complexity index is 3560. The maximum atomic E-state index is 6.24. The van der Waals surface area contributed by atoms with Gasteiger partial charge in [-0.05, 0) is 29.3 Å². The van der Waals surface area contributed by atoms with Gasteiger partial charge in [0.05, 0.1) is 11.2 Å². The smallest absolute Gasteiger partial charge is 0.164 e. The van der Waals surface area contributed by atoms with Gasteiger partial charge in [-0.25, -0.2) is 19.9 Å². The Kier molecular flexibility index (Phi) is 7.33. The second-order valence-electron chi connectivity index (χ2n) is 14.5. The molecule has 0 unspecified atom stereocenters. The quantitative estimate of drug-likeness (QED) is 0.164. The molecule has 4 heterocycles. The molecule has 0 saturated heterocycles. The summed E-state index contributed by atoms with van der Waals surface area (Å²) in [4.78, 5) is 20.4. The molecule has 0 spiro atoms. The molecule has 58 heavy (non-hydrogen) atoms. The minimum atomic E-state index is 0.602. The largest absolute Gasteiger partial charge is 0.456 e. The van der Waals surface area contributed by atoms with E-state index in [1.54, 1.807) is 0 Å². The zero-order valence-electron chi connectivity index (χ0n) is 30.9. The molecule has 0 aliphatic heterocycles. The number of pyridine rings is 1. The molecule has 4 aromatic heterocycles. The van der Waals surface area contributed by atoms with Gasteiger partial charge in [-0.2, -0.15) is 0 Å². The van der Waals surface area contributed by atoms with Crippen molar-refractivity contribution in [2.75, 3.05) is 0 Å². The molecule has 0 aliphatic carbocycles. The lowest BCUT2D eigenvalue weighted by molar-refractivity contribution is 0.669. The van der Waals surface area contributed by atoms with Crippen LogP contribution in [0.4, 0.5) is 0 Å². The zero-order valence-corrected chi connectivity index (χ0v) is 31.7. The van der Waals surface area contributed by atoms with Gasteiger partial charge in [0, 0.05) is 69.4 Å². The number of hydrogen-bond donors (Lipinski definition) is 0. The minimum absolute atomic E-state index is 0.602. The molecule has 12 aromatic rings. The number of nitrogens with zero attached hydrogens (tertiary/aromatic N) is 4. The van der Waals surface area contributed by atoms with Gasteiger partial charge in [0.1, 0.15) is 11.2 Å². The third kappa shape index (κ3) is 5.16. The summed E-state index contributed by atoms with van der Waals surface area (Å²) in [5.74, 6) is 1.84. The molecule has 6 heteroatoms. The molecule has 5 nitrogen and oxygen atoms in total. The van der Waals surface area contributed by atoms with Gasteiger partial charge in [-0.3, -0.25) is 0 Å². The molecule has 12 rings (SSSR count). The lowest BCUT2D eigenvalue weighted by atomic mass is 9.97. The average molecular weight is 759 g/mol. The number of thiophene rings is 1. The number of para-hydroxylation sites is 2. The van der Waals surface area contributed by atoms with E-state index in [2.05, 4.69) is 121 Å². The summed E-state index contributed by atoms with van der Waals surface area (Å²) in [7, 11) is 0. The van der Waals surface area contributed by atoms with E-state index in [-0.39, 0.29) is 0 Å². The Labute approximate surface area is 336 Å². The lowest BCUT2D eigenvalue weighted by Gasteiger charge is -2.11. The van der Waals surface area contributed by atoms with Crippen LogP contribution in [-0.2, 0) is 0 Å². The van der Waals surface area contributed by atoms with Crippen LogP contribution >= 0.6 is 11.3 Å². The molecule has 8 aromatic carbocycles. The van der Waals surface area contributed by atoms with Crippen molar-refractivity contribution in [3.8, 4) is 56.5 Å². The van der Waals surface area contributed by atoms with Crippen LogP contribution in [0.5, 0.6) is 0 Å². The molecule has 0 saturated carbocycles. The van der Waals surface area contributed by atoms with Crippen molar-refractivity contribution < 1.29 is 4.42 Å². The lowest BCUT2D eigenvalue weighted by Crippen LogP contribution is -2.00. The van der Waals surface area contributed by atoms with E-state index in [4.69, 9.17) is 24.4 Å². The zero-order chi connectivity index (χ0) is 38.2. The van der Waals surface area contributed by atoms with Gasteiger partial charge < -0.3 is 4.42 Å². The predicted octanol–water partition coefficient (Wildman–Crippen LogP) is 14.2. The number of rotatable bonds is 5. The summed E-state index contributed by atoms with van der Waals surface area (Å²) in [6, 6.07) is 63.1. The van der Waals surface area contributed by atoms with E-state index in [9.17, 15) is 0 Å². The molecule has 0 N–H and O–H groups in total. The highest BCUT2D eigenvalue weighted by Crippen LogP contribution is 2.46. The Balaban J connectivity index is 1.01. The SMILES string of the molecule is c1ccc(-c2nc(-c3ccc(-c4cccc5c4sc4c5ccc5c(-c6ccccc6)nc6ccccc6c54)cc3)nc(-c3cccc4oc5ccccc5c34)n2)cc1. The number of aromatic nitrogens is 4. The highest BCUT2D eigenvalue weighted by atomic mass is 32.1. The number of benzene rings is 8. The summed E-state index contributed by atoms with van der Waals surface area (Å²) in [5.41, 5.74) is 9.84. The maximum Gasteiger partial charge on any atom is 0.164 e. The van der Waals surface area contributed by atoms with Crippen LogP contribution in [0.2, 0.25) is 0 Å². The van der Waals surface area contributed by atoms with Crippen molar-refractivity contribution in [2.24, 2.45) is 0 Å². The molecule has 0 radical (unpaired) electrons. The first-order valence-corrected chi connectivity index (χ1v) is 20.1. The average Bonchev–Trinajstić information content (AvgIpc) is 3.88. The summed E-state index contributed by atoms with van der Waals surface area (Å²) in [6.07, 6.45) is 0. The highest BCUT2D eigenvalue weighted by Gasteiger charge is 2.20. The van der Waals surface area contributed by atoms with Crippen molar-refractivity contribution in [2.45, 2.75) is 0 Å². The van der Waals surface area contributed by atoms with E-state index in [0.717, 1.165) is 61.0 Å². The molecule has 0 bridgehead atoms.